The van der Waals surface area contributed by atoms with Crippen LogP contribution in [0.5, 0.6) is 0 Å². The number of nitrogens with zero attached hydrogens (tertiary/aromatic N) is 5. The number of fused-ring (bicyclic) bond motifs is 1. The maximum atomic E-state index is 5.55. The van der Waals surface area contributed by atoms with E-state index in [1.54, 1.807) is 10.9 Å². The van der Waals surface area contributed by atoms with Crippen LogP contribution in [0.3, 0.4) is 0 Å². The molecule has 3 heterocycles. The van der Waals surface area contributed by atoms with Crippen molar-refractivity contribution < 1.29 is 4.74 Å². The number of anilines is 1. The summed E-state index contributed by atoms with van der Waals surface area (Å²) in [6.07, 6.45) is 2.88. The van der Waals surface area contributed by atoms with Gasteiger partial charge in [0.15, 0.2) is 5.65 Å². The van der Waals surface area contributed by atoms with Gasteiger partial charge >= 0.3 is 0 Å². The Morgan fingerprint density at radius 3 is 3.05 bits per heavy atom. The molecule has 0 bridgehead atoms. The number of hydrogen-bond acceptors (Lipinski definition) is 6. The molecule has 0 saturated carbocycles. The normalized spacial score (nSPS) is 20.0. The number of morpholine rings is 1. The van der Waals surface area contributed by atoms with E-state index in [9.17, 15) is 0 Å². The van der Waals surface area contributed by atoms with Gasteiger partial charge in [0.1, 0.15) is 11.6 Å². The first-order valence-corrected chi connectivity index (χ1v) is 7.41. The molecule has 0 radical (unpaired) electrons. The van der Waals surface area contributed by atoms with E-state index in [-0.39, 0.29) is 0 Å². The highest BCUT2D eigenvalue weighted by Crippen LogP contribution is 2.20. The molecule has 2 aromatic heterocycles. The molecule has 1 unspecified atom stereocenters. The molecule has 0 spiro atoms. The highest BCUT2D eigenvalue weighted by molar-refractivity contribution is 5.86. The van der Waals surface area contributed by atoms with Gasteiger partial charge in [0, 0.05) is 26.7 Å². The molecule has 0 aliphatic carbocycles. The van der Waals surface area contributed by atoms with Crippen molar-refractivity contribution in [1.29, 1.82) is 0 Å². The fourth-order valence-corrected chi connectivity index (χ4v) is 2.78. The number of aryl methyl sites for hydroxylation is 1. The van der Waals surface area contributed by atoms with Gasteiger partial charge in [-0.3, -0.25) is 9.58 Å². The molecule has 1 fully saturated rings. The molecule has 0 aromatic carbocycles. The molecule has 0 amide bonds. The predicted molar refractivity (Wildman–Crippen MR) is 81.2 cm³/mol. The fourth-order valence-electron chi connectivity index (χ4n) is 2.78. The number of ether oxygens (including phenoxy) is 1. The van der Waals surface area contributed by atoms with Crippen LogP contribution in [0.2, 0.25) is 0 Å². The first-order chi connectivity index (χ1) is 10.2. The summed E-state index contributed by atoms with van der Waals surface area (Å²) >= 11 is 0. The van der Waals surface area contributed by atoms with Gasteiger partial charge in [-0.05, 0) is 6.42 Å². The molecule has 21 heavy (non-hydrogen) atoms. The average Bonchev–Trinajstić information content (AvgIpc) is 2.89. The quantitative estimate of drug-likeness (QED) is 0.906. The largest absolute Gasteiger partial charge is 0.378 e. The summed E-state index contributed by atoms with van der Waals surface area (Å²) in [5.41, 5.74) is 0.866. The van der Waals surface area contributed by atoms with Crippen LogP contribution in [0, 0.1) is 0 Å². The minimum Gasteiger partial charge on any atom is -0.378 e. The van der Waals surface area contributed by atoms with Crippen LogP contribution in [0.1, 0.15) is 19.2 Å². The molecular weight excluding hydrogens is 268 g/mol. The first kappa shape index (κ1) is 14.2. The average molecular weight is 290 g/mol. The van der Waals surface area contributed by atoms with Crippen LogP contribution < -0.4 is 5.32 Å². The Balaban J connectivity index is 1.91. The standard InChI is InChI=1S/C14H22N6O/c1-4-10-9-21-6-5-20(10)8-12-17-13(15-2)11-7-16-19(3)14(11)18-12/h7,10H,4-6,8-9H2,1-3H3,(H,15,17,18). The van der Waals surface area contributed by atoms with Gasteiger partial charge in [0.2, 0.25) is 0 Å². The molecule has 1 aliphatic heterocycles. The molecule has 1 aliphatic rings. The summed E-state index contributed by atoms with van der Waals surface area (Å²) < 4.78 is 7.34. The van der Waals surface area contributed by atoms with Crippen LogP contribution in [0.15, 0.2) is 6.20 Å². The minimum atomic E-state index is 0.447. The minimum absolute atomic E-state index is 0.447. The van der Waals surface area contributed by atoms with Gasteiger partial charge in [-0.2, -0.15) is 5.10 Å². The molecule has 3 rings (SSSR count). The SMILES string of the molecule is CCC1COCCN1Cc1nc(NC)c2cnn(C)c2n1. The topological polar surface area (TPSA) is 68.1 Å². The number of rotatable bonds is 4. The summed E-state index contributed by atoms with van der Waals surface area (Å²) in [4.78, 5) is 11.7. The van der Waals surface area contributed by atoms with Gasteiger partial charge in [-0.25, -0.2) is 9.97 Å². The maximum absolute atomic E-state index is 5.55. The Kier molecular flexibility index (Phi) is 4.03. The van der Waals surface area contributed by atoms with Crippen molar-refractivity contribution in [3.63, 3.8) is 0 Å². The maximum Gasteiger partial charge on any atom is 0.163 e. The number of aromatic nitrogens is 4. The lowest BCUT2D eigenvalue weighted by molar-refractivity contribution is -0.0137. The van der Waals surface area contributed by atoms with Crippen molar-refractivity contribution in [2.24, 2.45) is 7.05 Å². The Labute approximate surface area is 124 Å². The van der Waals surface area contributed by atoms with Crippen molar-refractivity contribution in [2.75, 3.05) is 32.1 Å². The smallest absolute Gasteiger partial charge is 0.163 e. The molecule has 1 N–H and O–H groups in total. The van der Waals surface area contributed by atoms with E-state index in [0.717, 1.165) is 55.4 Å². The second kappa shape index (κ2) is 5.95. The lowest BCUT2D eigenvalue weighted by Gasteiger charge is -2.34. The van der Waals surface area contributed by atoms with Crippen molar-refractivity contribution >= 4 is 16.9 Å². The van der Waals surface area contributed by atoms with E-state index in [4.69, 9.17) is 4.74 Å². The van der Waals surface area contributed by atoms with Crippen molar-refractivity contribution in [1.82, 2.24) is 24.6 Å². The van der Waals surface area contributed by atoms with E-state index in [1.165, 1.54) is 0 Å². The van der Waals surface area contributed by atoms with Crippen molar-refractivity contribution in [2.45, 2.75) is 25.9 Å². The molecule has 1 atom stereocenters. The lowest BCUT2D eigenvalue weighted by atomic mass is 10.2. The van der Waals surface area contributed by atoms with Crippen LogP contribution in [-0.2, 0) is 18.3 Å². The fraction of sp³-hybridized carbons (Fsp3) is 0.643. The Morgan fingerprint density at radius 2 is 2.29 bits per heavy atom. The van der Waals surface area contributed by atoms with Gasteiger partial charge < -0.3 is 10.1 Å². The second-order valence-corrected chi connectivity index (χ2v) is 5.35. The Bertz CT molecular complexity index is 625. The van der Waals surface area contributed by atoms with E-state index < -0.39 is 0 Å². The molecule has 7 nitrogen and oxygen atoms in total. The third-order valence-electron chi connectivity index (χ3n) is 4.04. The first-order valence-electron chi connectivity index (χ1n) is 7.41. The summed E-state index contributed by atoms with van der Waals surface area (Å²) in [6.45, 7) is 5.45. The van der Waals surface area contributed by atoms with E-state index in [0.29, 0.717) is 6.04 Å². The lowest BCUT2D eigenvalue weighted by Crippen LogP contribution is -2.44. The third kappa shape index (κ3) is 2.71. The third-order valence-corrected chi connectivity index (χ3v) is 4.04. The Hall–Kier alpha value is -1.73. The zero-order valence-corrected chi connectivity index (χ0v) is 12.8. The molecule has 114 valence electrons. The van der Waals surface area contributed by atoms with Crippen molar-refractivity contribution in [3.05, 3.63) is 12.0 Å². The van der Waals surface area contributed by atoms with Crippen LogP contribution in [-0.4, -0.2) is 57.5 Å². The van der Waals surface area contributed by atoms with Gasteiger partial charge in [-0.15, -0.1) is 0 Å². The number of nitrogens with one attached hydrogen (secondary N) is 1. The Morgan fingerprint density at radius 1 is 1.43 bits per heavy atom. The molecule has 7 heteroatoms. The summed E-state index contributed by atoms with van der Waals surface area (Å²) in [5, 5.41) is 8.36. The monoisotopic (exact) mass is 290 g/mol. The summed E-state index contributed by atoms with van der Waals surface area (Å²) in [7, 11) is 3.78. The van der Waals surface area contributed by atoms with E-state index >= 15 is 0 Å². The van der Waals surface area contributed by atoms with E-state index in [2.05, 4.69) is 32.2 Å². The van der Waals surface area contributed by atoms with Gasteiger partial charge in [0.05, 0.1) is 31.3 Å². The molecular formula is C14H22N6O. The number of hydrogen-bond donors (Lipinski definition) is 1. The second-order valence-electron chi connectivity index (χ2n) is 5.35. The van der Waals surface area contributed by atoms with Crippen molar-refractivity contribution in [3.8, 4) is 0 Å². The van der Waals surface area contributed by atoms with Gasteiger partial charge in [-0.1, -0.05) is 6.92 Å². The van der Waals surface area contributed by atoms with Crippen LogP contribution in [0.25, 0.3) is 11.0 Å². The molecule has 2 aromatic rings. The predicted octanol–water partition coefficient (Wildman–Crippen LogP) is 1.02. The van der Waals surface area contributed by atoms with Crippen LogP contribution >= 0.6 is 0 Å². The van der Waals surface area contributed by atoms with E-state index in [1.807, 2.05) is 14.1 Å². The summed E-state index contributed by atoms with van der Waals surface area (Å²) in [5.74, 6) is 1.67. The van der Waals surface area contributed by atoms with Crippen LogP contribution in [0.4, 0.5) is 5.82 Å². The zero-order chi connectivity index (χ0) is 14.8. The van der Waals surface area contributed by atoms with Gasteiger partial charge in [0.25, 0.3) is 0 Å². The highest BCUT2D eigenvalue weighted by atomic mass is 16.5. The zero-order valence-electron chi connectivity index (χ0n) is 12.8. The molecule has 1 saturated heterocycles. The highest BCUT2D eigenvalue weighted by Gasteiger charge is 2.23. The summed E-state index contributed by atoms with van der Waals surface area (Å²) in [6, 6.07) is 0.447.